The van der Waals surface area contributed by atoms with Crippen LogP contribution in [0.15, 0.2) is 30.3 Å². The minimum absolute atomic E-state index is 0.230. The van der Waals surface area contributed by atoms with E-state index in [1.165, 1.54) is 6.92 Å². The summed E-state index contributed by atoms with van der Waals surface area (Å²) in [5, 5.41) is 9.11. The first kappa shape index (κ1) is 14.9. The highest BCUT2D eigenvalue weighted by atomic mass is 31.2. The molecule has 3 atom stereocenters. The molecule has 1 rings (SSSR count). The number of carbonyl (C=O) groups is 1. The normalized spacial score (nSPS) is 17.7. The molecule has 0 heterocycles. The molecule has 0 amide bonds. The third-order valence-electron chi connectivity index (χ3n) is 2.79. The Hall–Kier alpha value is -1.16. The van der Waals surface area contributed by atoms with Gasteiger partial charge in [0, 0.05) is 6.16 Å². The molecule has 0 fully saturated rings. The maximum Gasteiger partial charge on any atom is 0.307 e. The summed E-state index contributed by atoms with van der Waals surface area (Å²) in [5.74, 6) is -2.88. The van der Waals surface area contributed by atoms with Crippen molar-refractivity contribution in [2.45, 2.75) is 19.1 Å². The molecular weight excluding hydrogens is 253 g/mol. The van der Waals surface area contributed by atoms with Crippen LogP contribution in [0.2, 0.25) is 0 Å². The summed E-state index contributed by atoms with van der Waals surface area (Å²) in [6.45, 7) is 1.42. The summed E-state index contributed by atoms with van der Waals surface area (Å²) in [6.07, 6.45) is -0.0671. The zero-order chi connectivity index (χ0) is 13.8. The molecule has 0 aliphatic rings. The second-order valence-electron chi connectivity index (χ2n) is 4.40. The van der Waals surface area contributed by atoms with Crippen LogP contribution in [0.3, 0.4) is 0 Å². The van der Waals surface area contributed by atoms with Gasteiger partial charge in [-0.15, -0.1) is 0 Å². The van der Waals surface area contributed by atoms with E-state index in [0.717, 1.165) is 5.56 Å². The Bertz CT molecular complexity index is 447. The van der Waals surface area contributed by atoms with Gasteiger partial charge in [0.15, 0.2) is 0 Å². The Balaban J connectivity index is 2.79. The minimum atomic E-state index is -3.61. The smallest absolute Gasteiger partial charge is 0.307 e. The third kappa shape index (κ3) is 4.26. The molecule has 6 heteroatoms. The molecule has 5 nitrogen and oxygen atoms in total. The van der Waals surface area contributed by atoms with Gasteiger partial charge in [-0.25, -0.2) is 0 Å². The maximum absolute atomic E-state index is 11.8. The van der Waals surface area contributed by atoms with Crippen molar-refractivity contribution in [2.75, 3.05) is 6.16 Å². The van der Waals surface area contributed by atoms with Crippen LogP contribution in [0, 0.1) is 5.92 Å². The molecule has 100 valence electrons. The van der Waals surface area contributed by atoms with Crippen LogP contribution in [-0.2, 0) is 15.8 Å². The fraction of sp³-hybridized carbons (Fsp3) is 0.417. The molecule has 0 saturated heterocycles. The predicted octanol–water partition coefficient (Wildman–Crippen LogP) is 1.51. The Morgan fingerprint density at radius 3 is 2.39 bits per heavy atom. The van der Waals surface area contributed by atoms with E-state index in [-0.39, 0.29) is 12.6 Å². The summed E-state index contributed by atoms with van der Waals surface area (Å²) < 4.78 is 11.8. The lowest BCUT2D eigenvalue weighted by Gasteiger charge is -2.19. The number of carboxylic acids is 1. The second kappa shape index (κ2) is 6.14. The summed E-state index contributed by atoms with van der Waals surface area (Å²) in [6, 6.07) is 9.03. The molecule has 0 spiro atoms. The van der Waals surface area contributed by atoms with Crippen molar-refractivity contribution in [3.8, 4) is 0 Å². The Morgan fingerprint density at radius 1 is 1.39 bits per heavy atom. The SMILES string of the molecule is C[C@@H](N)P(=O)(O)C[C@@H](Cc1ccccc1)C(=O)O. The van der Waals surface area contributed by atoms with E-state index in [9.17, 15) is 14.3 Å². The summed E-state index contributed by atoms with van der Waals surface area (Å²) in [5.41, 5.74) is 6.23. The largest absolute Gasteiger partial charge is 0.481 e. The van der Waals surface area contributed by atoms with E-state index in [2.05, 4.69) is 0 Å². The van der Waals surface area contributed by atoms with E-state index in [4.69, 9.17) is 10.8 Å². The number of carboxylic acid groups (broad SMARTS) is 1. The zero-order valence-corrected chi connectivity index (χ0v) is 11.1. The van der Waals surface area contributed by atoms with Crippen molar-refractivity contribution in [3.05, 3.63) is 35.9 Å². The third-order valence-corrected chi connectivity index (χ3v) is 5.03. The first-order valence-electron chi connectivity index (χ1n) is 5.66. The van der Waals surface area contributed by atoms with E-state index in [1.54, 1.807) is 24.3 Å². The van der Waals surface area contributed by atoms with Gasteiger partial charge in [-0.2, -0.15) is 0 Å². The Kier molecular flexibility index (Phi) is 5.08. The lowest BCUT2D eigenvalue weighted by Crippen LogP contribution is -2.26. The van der Waals surface area contributed by atoms with Crippen LogP contribution in [0.1, 0.15) is 12.5 Å². The topological polar surface area (TPSA) is 101 Å². The van der Waals surface area contributed by atoms with E-state index in [1.807, 2.05) is 6.07 Å². The average molecular weight is 271 g/mol. The summed E-state index contributed by atoms with van der Waals surface area (Å²) in [7, 11) is -3.61. The van der Waals surface area contributed by atoms with Gasteiger partial charge in [-0.1, -0.05) is 30.3 Å². The molecule has 0 aliphatic heterocycles. The molecule has 1 unspecified atom stereocenters. The van der Waals surface area contributed by atoms with Crippen LogP contribution in [0.25, 0.3) is 0 Å². The monoisotopic (exact) mass is 271 g/mol. The lowest BCUT2D eigenvalue weighted by atomic mass is 10.0. The molecule has 0 saturated carbocycles. The first-order valence-corrected chi connectivity index (χ1v) is 7.58. The predicted molar refractivity (Wildman–Crippen MR) is 69.6 cm³/mol. The number of rotatable bonds is 6. The van der Waals surface area contributed by atoms with Crippen LogP contribution in [-0.4, -0.2) is 27.9 Å². The van der Waals surface area contributed by atoms with E-state index >= 15 is 0 Å². The number of aliphatic carboxylic acids is 1. The highest BCUT2D eigenvalue weighted by molar-refractivity contribution is 7.58. The summed E-state index contributed by atoms with van der Waals surface area (Å²) in [4.78, 5) is 20.8. The molecule has 18 heavy (non-hydrogen) atoms. The van der Waals surface area contributed by atoms with Crippen molar-refractivity contribution in [2.24, 2.45) is 11.7 Å². The second-order valence-corrected chi connectivity index (χ2v) is 7.09. The highest BCUT2D eigenvalue weighted by Gasteiger charge is 2.31. The van der Waals surface area contributed by atoms with Gasteiger partial charge >= 0.3 is 5.97 Å². The van der Waals surface area contributed by atoms with Gasteiger partial charge in [-0.3, -0.25) is 9.36 Å². The maximum atomic E-state index is 11.8. The van der Waals surface area contributed by atoms with Gasteiger partial charge in [0.05, 0.1) is 11.7 Å². The lowest BCUT2D eigenvalue weighted by molar-refractivity contribution is -0.141. The van der Waals surface area contributed by atoms with Crippen LogP contribution < -0.4 is 5.73 Å². The number of hydrogen-bond acceptors (Lipinski definition) is 3. The van der Waals surface area contributed by atoms with Gasteiger partial charge in [-0.05, 0) is 18.9 Å². The minimum Gasteiger partial charge on any atom is -0.481 e. The number of hydrogen-bond donors (Lipinski definition) is 3. The number of nitrogens with two attached hydrogens (primary N) is 1. The molecule has 0 radical (unpaired) electrons. The van der Waals surface area contributed by atoms with Crippen molar-refractivity contribution in [1.29, 1.82) is 0 Å². The van der Waals surface area contributed by atoms with Crippen LogP contribution in [0.4, 0.5) is 0 Å². The fourth-order valence-electron chi connectivity index (χ4n) is 1.61. The summed E-state index contributed by atoms with van der Waals surface area (Å²) >= 11 is 0. The van der Waals surface area contributed by atoms with Gasteiger partial charge in [0.1, 0.15) is 0 Å². The average Bonchev–Trinajstić information content (AvgIpc) is 2.29. The quantitative estimate of drug-likeness (QED) is 0.681. The first-order chi connectivity index (χ1) is 8.33. The molecule has 1 aromatic carbocycles. The molecule has 0 bridgehead atoms. The van der Waals surface area contributed by atoms with Gasteiger partial charge < -0.3 is 15.7 Å². The fourth-order valence-corrected chi connectivity index (χ4v) is 2.86. The van der Waals surface area contributed by atoms with Crippen LogP contribution >= 0.6 is 7.37 Å². The van der Waals surface area contributed by atoms with Crippen LogP contribution in [0.5, 0.6) is 0 Å². The van der Waals surface area contributed by atoms with Gasteiger partial charge in [0.2, 0.25) is 7.37 Å². The number of benzene rings is 1. The zero-order valence-electron chi connectivity index (χ0n) is 10.2. The molecule has 4 N–H and O–H groups in total. The van der Waals surface area contributed by atoms with Crippen molar-refractivity contribution < 1.29 is 19.4 Å². The highest BCUT2D eigenvalue weighted by Crippen LogP contribution is 2.45. The van der Waals surface area contributed by atoms with Gasteiger partial charge in [0.25, 0.3) is 0 Å². The molecular formula is C12H18NO4P. The van der Waals surface area contributed by atoms with E-state index in [0.29, 0.717) is 0 Å². The van der Waals surface area contributed by atoms with E-state index < -0.39 is 25.0 Å². The van der Waals surface area contributed by atoms with Crippen molar-refractivity contribution >= 4 is 13.3 Å². The molecule has 0 aliphatic carbocycles. The van der Waals surface area contributed by atoms with Crippen molar-refractivity contribution in [3.63, 3.8) is 0 Å². The molecule has 1 aromatic rings. The molecule has 0 aromatic heterocycles. The Labute approximate surface area is 106 Å². The van der Waals surface area contributed by atoms with Crippen molar-refractivity contribution in [1.82, 2.24) is 0 Å². The Morgan fingerprint density at radius 2 is 1.94 bits per heavy atom. The standard InChI is InChI=1S/C12H18NO4P/c1-9(13)18(16,17)8-11(12(14)15)7-10-5-3-2-4-6-10/h2-6,9,11H,7-8,13H2,1H3,(H,14,15)(H,16,17)/t9-,11+/m0/s1.